The number of benzene rings is 1. The second kappa shape index (κ2) is 5.76. The second-order valence-electron chi connectivity index (χ2n) is 4.88. The Morgan fingerprint density at radius 3 is 2.83 bits per heavy atom. The maximum atomic E-state index is 12.5. The topological polar surface area (TPSA) is 46.3 Å². The van der Waals surface area contributed by atoms with Crippen molar-refractivity contribution in [2.75, 3.05) is 19.3 Å². The van der Waals surface area contributed by atoms with Crippen LogP contribution in [0.15, 0.2) is 29.2 Å². The Balaban J connectivity index is 2.16. The van der Waals surface area contributed by atoms with Gasteiger partial charge in [-0.25, -0.2) is 0 Å². The maximum absolute atomic E-state index is 12.5. The number of rotatable bonds is 2. The average molecular weight is 264 g/mol. The highest BCUT2D eigenvalue weighted by Crippen LogP contribution is 2.23. The molecule has 2 unspecified atom stereocenters. The minimum absolute atomic E-state index is 0.101. The van der Waals surface area contributed by atoms with Crippen LogP contribution in [0.5, 0.6) is 0 Å². The largest absolute Gasteiger partial charge is 0.337 e. The van der Waals surface area contributed by atoms with Crippen LogP contribution in [0.3, 0.4) is 0 Å². The zero-order valence-corrected chi connectivity index (χ0v) is 11.7. The molecule has 1 aromatic rings. The van der Waals surface area contributed by atoms with Crippen LogP contribution in [-0.2, 0) is 0 Å². The van der Waals surface area contributed by atoms with Crippen LogP contribution in [0.4, 0.5) is 0 Å². The minimum atomic E-state index is 0.101. The van der Waals surface area contributed by atoms with Crippen LogP contribution in [0.25, 0.3) is 0 Å². The highest BCUT2D eigenvalue weighted by Gasteiger charge is 2.27. The summed E-state index contributed by atoms with van der Waals surface area (Å²) in [5.41, 5.74) is 6.85. The Labute approximate surface area is 113 Å². The third-order valence-electron chi connectivity index (χ3n) is 3.64. The molecule has 0 aliphatic carbocycles. The summed E-state index contributed by atoms with van der Waals surface area (Å²) >= 11 is 1.61. The van der Waals surface area contributed by atoms with Gasteiger partial charge < -0.3 is 10.6 Å². The Morgan fingerprint density at radius 2 is 2.17 bits per heavy atom. The maximum Gasteiger partial charge on any atom is 0.255 e. The molecule has 0 radical (unpaired) electrons. The normalized spacial score (nSPS) is 24.1. The summed E-state index contributed by atoms with van der Waals surface area (Å²) in [6.07, 6.45) is 2.99. The number of hydrogen-bond donors (Lipinski definition) is 1. The van der Waals surface area contributed by atoms with Crippen molar-refractivity contribution in [1.82, 2.24) is 4.90 Å². The monoisotopic (exact) mass is 264 g/mol. The van der Waals surface area contributed by atoms with E-state index in [1.54, 1.807) is 11.8 Å². The molecule has 1 aliphatic rings. The summed E-state index contributed by atoms with van der Waals surface area (Å²) in [4.78, 5) is 15.4. The molecule has 2 rings (SSSR count). The standard InChI is InChI=1S/C14H20N2OS/c1-10-7-8-16(9-12(10)15)14(17)11-5-3-4-6-13(11)18-2/h3-6,10,12H,7-9,15H2,1-2H3. The number of likely N-dealkylation sites (tertiary alicyclic amines) is 1. The van der Waals surface area contributed by atoms with Gasteiger partial charge in [0.2, 0.25) is 0 Å². The first-order chi connectivity index (χ1) is 8.63. The molecule has 18 heavy (non-hydrogen) atoms. The van der Waals surface area contributed by atoms with Gasteiger partial charge in [0.05, 0.1) is 5.56 Å². The molecule has 2 atom stereocenters. The molecule has 3 nitrogen and oxygen atoms in total. The number of nitrogens with zero attached hydrogens (tertiary/aromatic N) is 1. The Bertz CT molecular complexity index is 436. The Kier molecular flexibility index (Phi) is 4.30. The molecule has 1 heterocycles. The Hall–Kier alpha value is -1.00. The first kappa shape index (κ1) is 13.4. The number of nitrogens with two attached hydrogens (primary N) is 1. The molecule has 0 spiro atoms. The van der Waals surface area contributed by atoms with Crippen LogP contribution < -0.4 is 5.73 Å². The zero-order chi connectivity index (χ0) is 13.1. The second-order valence-corrected chi connectivity index (χ2v) is 5.73. The molecular weight excluding hydrogens is 244 g/mol. The quantitative estimate of drug-likeness (QED) is 0.833. The molecule has 0 saturated carbocycles. The molecule has 98 valence electrons. The van der Waals surface area contributed by atoms with Gasteiger partial charge in [0.25, 0.3) is 5.91 Å². The van der Waals surface area contributed by atoms with E-state index in [4.69, 9.17) is 5.73 Å². The van der Waals surface area contributed by atoms with Crippen molar-refractivity contribution in [1.29, 1.82) is 0 Å². The minimum Gasteiger partial charge on any atom is -0.337 e. The zero-order valence-electron chi connectivity index (χ0n) is 10.9. The SMILES string of the molecule is CSc1ccccc1C(=O)N1CCC(C)C(N)C1. The fraction of sp³-hybridized carbons (Fsp3) is 0.500. The van der Waals surface area contributed by atoms with Crippen LogP contribution in [0.2, 0.25) is 0 Å². The lowest BCUT2D eigenvalue weighted by Crippen LogP contribution is -2.49. The van der Waals surface area contributed by atoms with E-state index in [1.807, 2.05) is 35.4 Å². The van der Waals surface area contributed by atoms with Gasteiger partial charge >= 0.3 is 0 Å². The van der Waals surface area contributed by atoms with E-state index < -0.39 is 0 Å². The molecule has 4 heteroatoms. The number of piperidine rings is 1. The molecule has 0 aromatic heterocycles. The molecular formula is C14H20N2OS. The van der Waals surface area contributed by atoms with E-state index >= 15 is 0 Å². The predicted octanol–water partition coefficient (Wildman–Crippen LogP) is 2.22. The van der Waals surface area contributed by atoms with Crippen molar-refractivity contribution >= 4 is 17.7 Å². The average Bonchev–Trinajstić information content (AvgIpc) is 2.41. The van der Waals surface area contributed by atoms with Gasteiger partial charge in [0, 0.05) is 24.0 Å². The summed E-state index contributed by atoms with van der Waals surface area (Å²) in [5, 5.41) is 0. The van der Waals surface area contributed by atoms with Gasteiger partial charge in [-0.3, -0.25) is 4.79 Å². The lowest BCUT2D eigenvalue weighted by molar-refractivity contribution is 0.0669. The van der Waals surface area contributed by atoms with E-state index in [0.717, 1.165) is 23.4 Å². The van der Waals surface area contributed by atoms with Crippen molar-refractivity contribution in [2.45, 2.75) is 24.3 Å². The molecule has 2 N–H and O–H groups in total. The molecule has 0 bridgehead atoms. The molecule has 1 aromatic carbocycles. The predicted molar refractivity (Wildman–Crippen MR) is 75.9 cm³/mol. The van der Waals surface area contributed by atoms with Gasteiger partial charge in [-0.15, -0.1) is 11.8 Å². The van der Waals surface area contributed by atoms with Gasteiger partial charge in [-0.05, 0) is 30.7 Å². The van der Waals surface area contributed by atoms with Crippen LogP contribution >= 0.6 is 11.8 Å². The summed E-state index contributed by atoms with van der Waals surface area (Å²) in [6.45, 7) is 3.64. The molecule has 1 fully saturated rings. The summed E-state index contributed by atoms with van der Waals surface area (Å²) < 4.78 is 0. The van der Waals surface area contributed by atoms with Crippen LogP contribution in [0, 0.1) is 5.92 Å². The van der Waals surface area contributed by atoms with Gasteiger partial charge in [-0.2, -0.15) is 0 Å². The summed E-state index contributed by atoms with van der Waals surface area (Å²) in [5.74, 6) is 0.618. The van der Waals surface area contributed by atoms with E-state index in [-0.39, 0.29) is 11.9 Å². The fourth-order valence-electron chi connectivity index (χ4n) is 2.28. The first-order valence-electron chi connectivity index (χ1n) is 6.31. The van der Waals surface area contributed by atoms with Gasteiger partial charge in [-0.1, -0.05) is 19.1 Å². The third-order valence-corrected chi connectivity index (χ3v) is 4.44. The van der Waals surface area contributed by atoms with Crippen molar-refractivity contribution in [3.05, 3.63) is 29.8 Å². The number of thioether (sulfide) groups is 1. The smallest absolute Gasteiger partial charge is 0.255 e. The van der Waals surface area contributed by atoms with E-state index in [2.05, 4.69) is 6.92 Å². The molecule has 1 saturated heterocycles. The number of amides is 1. The lowest BCUT2D eigenvalue weighted by atomic mass is 9.94. The van der Waals surface area contributed by atoms with E-state index in [0.29, 0.717) is 12.5 Å². The highest BCUT2D eigenvalue weighted by atomic mass is 32.2. The van der Waals surface area contributed by atoms with Gasteiger partial charge in [0.1, 0.15) is 0 Å². The fourth-order valence-corrected chi connectivity index (χ4v) is 2.87. The van der Waals surface area contributed by atoms with Crippen LogP contribution in [0.1, 0.15) is 23.7 Å². The number of carbonyl (C=O) groups is 1. The van der Waals surface area contributed by atoms with Crippen molar-refractivity contribution in [3.63, 3.8) is 0 Å². The van der Waals surface area contributed by atoms with E-state index in [9.17, 15) is 4.79 Å². The molecule has 1 aliphatic heterocycles. The number of hydrogen-bond acceptors (Lipinski definition) is 3. The van der Waals surface area contributed by atoms with Crippen LogP contribution in [-0.4, -0.2) is 36.2 Å². The van der Waals surface area contributed by atoms with Crippen molar-refractivity contribution in [2.24, 2.45) is 11.7 Å². The van der Waals surface area contributed by atoms with Gasteiger partial charge in [0.15, 0.2) is 0 Å². The molecule has 1 amide bonds. The first-order valence-corrected chi connectivity index (χ1v) is 7.54. The van der Waals surface area contributed by atoms with Crippen molar-refractivity contribution < 1.29 is 4.79 Å². The van der Waals surface area contributed by atoms with E-state index in [1.165, 1.54) is 0 Å². The van der Waals surface area contributed by atoms with Crippen molar-refractivity contribution in [3.8, 4) is 0 Å². The summed E-state index contributed by atoms with van der Waals surface area (Å²) in [6, 6.07) is 7.87. The highest BCUT2D eigenvalue weighted by molar-refractivity contribution is 7.98. The summed E-state index contributed by atoms with van der Waals surface area (Å²) in [7, 11) is 0. The number of carbonyl (C=O) groups excluding carboxylic acids is 1. The Morgan fingerprint density at radius 1 is 1.44 bits per heavy atom. The third kappa shape index (κ3) is 2.70. The lowest BCUT2D eigenvalue weighted by Gasteiger charge is -2.35.